The zero-order valence-electron chi connectivity index (χ0n) is 13.5. The van der Waals surface area contributed by atoms with Crippen LogP contribution in [-0.2, 0) is 9.84 Å². The van der Waals surface area contributed by atoms with Gasteiger partial charge in [0.2, 0.25) is 0 Å². The van der Waals surface area contributed by atoms with Crippen molar-refractivity contribution in [2.75, 3.05) is 19.3 Å². The largest absolute Gasteiger partial charge is 0.361 e. The first kappa shape index (κ1) is 15.2. The Labute approximate surface area is 137 Å². The summed E-state index contributed by atoms with van der Waals surface area (Å²) in [6.07, 6.45) is 7.42. The Hall–Kier alpha value is -1.30. The third-order valence-corrected chi connectivity index (χ3v) is 6.97. The van der Waals surface area contributed by atoms with Crippen LogP contribution in [0.25, 0.3) is 0 Å². The van der Waals surface area contributed by atoms with E-state index in [1.807, 2.05) is 6.07 Å². The van der Waals surface area contributed by atoms with E-state index in [1.54, 1.807) is 4.90 Å². The second kappa shape index (κ2) is 5.36. The first-order valence-corrected chi connectivity index (χ1v) is 10.6. The molecule has 1 aromatic rings. The number of carbonyl (C=O) groups is 1. The lowest BCUT2D eigenvalue weighted by molar-refractivity contribution is 0.0726. The summed E-state index contributed by atoms with van der Waals surface area (Å²) in [6.45, 7) is 1.00. The maximum atomic E-state index is 13.0. The molecule has 1 atom stereocenters. The van der Waals surface area contributed by atoms with Crippen LogP contribution in [0.15, 0.2) is 6.07 Å². The third-order valence-electron chi connectivity index (χ3n) is 5.37. The second-order valence-corrected chi connectivity index (χ2v) is 9.77. The zero-order valence-corrected chi connectivity index (χ0v) is 14.4. The number of likely N-dealkylation sites (tertiary alicyclic amines) is 1. The van der Waals surface area contributed by atoms with Crippen molar-refractivity contribution in [1.29, 1.82) is 0 Å². The summed E-state index contributed by atoms with van der Waals surface area (Å²) in [5.41, 5.74) is 3.09. The van der Waals surface area contributed by atoms with Crippen LogP contribution in [0, 0.1) is 0 Å². The Morgan fingerprint density at radius 2 is 1.87 bits per heavy atom. The summed E-state index contributed by atoms with van der Waals surface area (Å²) < 4.78 is 23.7. The topological polar surface area (TPSA) is 70.2 Å². The molecule has 1 aromatic heterocycles. The minimum Gasteiger partial charge on any atom is -0.361 e. The number of carbonyl (C=O) groups excluding carboxylic acids is 1. The maximum Gasteiger partial charge on any atom is 0.255 e. The van der Waals surface area contributed by atoms with Gasteiger partial charge < -0.3 is 9.88 Å². The van der Waals surface area contributed by atoms with Gasteiger partial charge in [-0.05, 0) is 56.4 Å². The smallest absolute Gasteiger partial charge is 0.255 e. The predicted octanol–water partition coefficient (Wildman–Crippen LogP) is 2.42. The average molecular weight is 336 g/mol. The summed E-state index contributed by atoms with van der Waals surface area (Å²) in [5.74, 6) is 1.11. The molecule has 3 aliphatic rings. The van der Waals surface area contributed by atoms with Gasteiger partial charge in [-0.1, -0.05) is 0 Å². The highest BCUT2D eigenvalue weighted by Gasteiger charge is 2.36. The molecule has 0 radical (unpaired) electrons. The monoisotopic (exact) mass is 336 g/mol. The zero-order chi connectivity index (χ0) is 16.2. The van der Waals surface area contributed by atoms with Crippen LogP contribution in [0.3, 0.4) is 0 Å². The van der Waals surface area contributed by atoms with Gasteiger partial charge >= 0.3 is 0 Å². The van der Waals surface area contributed by atoms with E-state index in [0.717, 1.165) is 30.5 Å². The van der Waals surface area contributed by atoms with Gasteiger partial charge in [-0.15, -0.1) is 0 Å². The van der Waals surface area contributed by atoms with Gasteiger partial charge in [0.1, 0.15) is 0 Å². The van der Waals surface area contributed by atoms with Crippen LogP contribution >= 0.6 is 0 Å². The molecule has 126 valence electrons. The number of hydrogen-bond acceptors (Lipinski definition) is 3. The normalized spacial score (nSPS) is 25.6. The van der Waals surface area contributed by atoms with Gasteiger partial charge in [0.15, 0.2) is 9.84 Å². The number of H-pyrrole nitrogens is 1. The quantitative estimate of drug-likeness (QED) is 0.918. The Morgan fingerprint density at radius 1 is 1.17 bits per heavy atom. The highest BCUT2D eigenvalue weighted by Crippen LogP contribution is 2.45. The van der Waals surface area contributed by atoms with Crippen molar-refractivity contribution in [3.05, 3.63) is 23.0 Å². The standard InChI is InChI=1S/C17H24N2O3S/c1-23(21,22)13-3-2-8-19(10-13)17(20)14-9-15(11-4-5-11)18-16(14)12-6-7-12/h9,11-13,18H,2-8,10H2,1H3. The van der Waals surface area contributed by atoms with E-state index in [0.29, 0.717) is 31.3 Å². The molecule has 0 bridgehead atoms. The summed E-state index contributed by atoms with van der Waals surface area (Å²) in [4.78, 5) is 18.2. The molecular weight excluding hydrogens is 312 g/mol. The minimum atomic E-state index is -3.09. The molecule has 2 saturated carbocycles. The summed E-state index contributed by atoms with van der Waals surface area (Å²) in [5, 5.41) is -0.411. The molecule has 2 heterocycles. The SMILES string of the molecule is CS(=O)(=O)C1CCCN(C(=O)c2cc(C3CC3)[nH]c2C2CC2)C1. The molecule has 0 spiro atoms. The molecule has 5 nitrogen and oxygen atoms in total. The molecule has 6 heteroatoms. The Morgan fingerprint density at radius 3 is 2.48 bits per heavy atom. The van der Waals surface area contributed by atoms with Crippen LogP contribution in [0.5, 0.6) is 0 Å². The fourth-order valence-electron chi connectivity index (χ4n) is 3.62. The van der Waals surface area contributed by atoms with E-state index in [4.69, 9.17) is 0 Å². The molecule has 23 heavy (non-hydrogen) atoms. The molecule has 0 aromatic carbocycles. The van der Waals surface area contributed by atoms with Gasteiger partial charge in [0.05, 0.1) is 10.8 Å². The number of hydrogen-bond donors (Lipinski definition) is 1. The molecular formula is C17H24N2O3S. The van der Waals surface area contributed by atoms with Crippen molar-refractivity contribution in [2.24, 2.45) is 0 Å². The summed E-state index contributed by atoms with van der Waals surface area (Å²) in [6, 6.07) is 2.04. The molecule has 1 saturated heterocycles. The highest BCUT2D eigenvalue weighted by atomic mass is 32.2. The number of amides is 1. The maximum absolute atomic E-state index is 13.0. The number of rotatable bonds is 4. The van der Waals surface area contributed by atoms with Gasteiger partial charge in [0, 0.05) is 30.7 Å². The van der Waals surface area contributed by atoms with E-state index < -0.39 is 15.1 Å². The van der Waals surface area contributed by atoms with E-state index in [-0.39, 0.29) is 5.91 Å². The Kier molecular flexibility index (Phi) is 3.55. The van der Waals surface area contributed by atoms with Crippen LogP contribution in [-0.4, -0.2) is 48.8 Å². The van der Waals surface area contributed by atoms with E-state index in [9.17, 15) is 13.2 Å². The fraction of sp³-hybridized carbons (Fsp3) is 0.706. The number of aromatic amines is 1. The van der Waals surface area contributed by atoms with Crippen molar-refractivity contribution in [3.63, 3.8) is 0 Å². The van der Waals surface area contributed by atoms with Crippen LogP contribution < -0.4 is 0 Å². The van der Waals surface area contributed by atoms with Gasteiger partial charge in [-0.3, -0.25) is 4.79 Å². The molecule has 2 aliphatic carbocycles. The Bertz CT molecular complexity index is 729. The lowest BCUT2D eigenvalue weighted by Gasteiger charge is -2.31. The van der Waals surface area contributed by atoms with Crippen LogP contribution in [0.2, 0.25) is 0 Å². The Balaban J connectivity index is 1.58. The molecule has 1 aliphatic heterocycles. The minimum absolute atomic E-state index is 0.0170. The average Bonchev–Trinajstić information content (AvgIpc) is 3.44. The first-order valence-electron chi connectivity index (χ1n) is 8.64. The third kappa shape index (κ3) is 3.05. The van der Waals surface area contributed by atoms with Gasteiger partial charge in [0.25, 0.3) is 5.91 Å². The predicted molar refractivity (Wildman–Crippen MR) is 88.5 cm³/mol. The first-order chi connectivity index (χ1) is 10.9. The van der Waals surface area contributed by atoms with E-state index >= 15 is 0 Å². The lowest BCUT2D eigenvalue weighted by atomic mass is 10.1. The van der Waals surface area contributed by atoms with Crippen molar-refractivity contribution in [2.45, 2.75) is 55.6 Å². The van der Waals surface area contributed by atoms with E-state index in [2.05, 4.69) is 4.98 Å². The molecule has 1 amide bonds. The van der Waals surface area contributed by atoms with Gasteiger partial charge in [-0.2, -0.15) is 0 Å². The molecule has 1 unspecified atom stereocenters. The molecule has 3 fully saturated rings. The van der Waals surface area contributed by atoms with Crippen LogP contribution in [0.1, 0.15) is 72.1 Å². The van der Waals surface area contributed by atoms with Crippen molar-refractivity contribution in [1.82, 2.24) is 9.88 Å². The van der Waals surface area contributed by atoms with Crippen molar-refractivity contribution >= 4 is 15.7 Å². The molecule has 1 N–H and O–H groups in total. The number of piperidine rings is 1. The number of nitrogens with zero attached hydrogens (tertiary/aromatic N) is 1. The highest BCUT2D eigenvalue weighted by molar-refractivity contribution is 7.91. The summed E-state index contributed by atoms with van der Waals surface area (Å²) >= 11 is 0. The van der Waals surface area contributed by atoms with E-state index in [1.165, 1.54) is 24.8 Å². The molecule has 4 rings (SSSR count). The number of sulfone groups is 1. The van der Waals surface area contributed by atoms with Crippen LogP contribution in [0.4, 0.5) is 0 Å². The van der Waals surface area contributed by atoms with Gasteiger partial charge in [-0.25, -0.2) is 8.42 Å². The fourth-order valence-corrected chi connectivity index (χ4v) is 4.67. The van der Waals surface area contributed by atoms with Crippen molar-refractivity contribution < 1.29 is 13.2 Å². The summed E-state index contributed by atoms with van der Waals surface area (Å²) in [7, 11) is -3.09. The lowest BCUT2D eigenvalue weighted by Crippen LogP contribution is -2.45. The second-order valence-electron chi connectivity index (χ2n) is 7.45. The number of nitrogens with one attached hydrogen (secondary N) is 1. The van der Waals surface area contributed by atoms with Crippen molar-refractivity contribution in [3.8, 4) is 0 Å². The number of aromatic nitrogens is 1.